The molecule has 0 bridgehead atoms. The van der Waals surface area contributed by atoms with Crippen molar-refractivity contribution < 1.29 is 19.2 Å². The second-order valence-electron chi connectivity index (χ2n) is 6.47. The molecule has 0 saturated carbocycles. The fraction of sp³-hybridized carbons (Fsp3) is 0.182. The monoisotopic (exact) mass is 485 g/mol. The molecule has 160 valence electrons. The molecule has 0 aliphatic heterocycles. The van der Waals surface area contributed by atoms with Crippen LogP contribution in [0.2, 0.25) is 0 Å². The molecule has 0 radical (unpaired) electrons. The van der Waals surface area contributed by atoms with Gasteiger partial charge in [0.1, 0.15) is 23.8 Å². The van der Waals surface area contributed by atoms with Crippen LogP contribution in [-0.4, -0.2) is 27.6 Å². The Morgan fingerprint density at radius 2 is 2.00 bits per heavy atom. The van der Waals surface area contributed by atoms with Gasteiger partial charge in [-0.2, -0.15) is 5.10 Å². The van der Waals surface area contributed by atoms with E-state index >= 15 is 0 Å². The predicted molar refractivity (Wildman–Crippen MR) is 119 cm³/mol. The summed E-state index contributed by atoms with van der Waals surface area (Å²) in [6.07, 6.45) is 4.82. The highest BCUT2D eigenvalue weighted by atomic mass is 79.9. The van der Waals surface area contributed by atoms with Crippen LogP contribution in [0, 0.1) is 10.1 Å². The number of nitro benzene ring substituents is 1. The number of halogens is 1. The first kappa shape index (κ1) is 22.2. The number of rotatable bonds is 9. The first-order valence-electron chi connectivity index (χ1n) is 9.40. The highest BCUT2D eigenvalue weighted by molar-refractivity contribution is 9.10. The summed E-state index contributed by atoms with van der Waals surface area (Å²) in [6.45, 7) is 2.71. The lowest BCUT2D eigenvalue weighted by molar-refractivity contribution is -0.384. The maximum atomic E-state index is 12.6. The zero-order chi connectivity index (χ0) is 22.4. The molecular formula is C22H20BrN3O5. The summed E-state index contributed by atoms with van der Waals surface area (Å²) in [7, 11) is 1.56. The van der Waals surface area contributed by atoms with Crippen molar-refractivity contribution in [1.29, 1.82) is 0 Å². The molecule has 9 heteroatoms. The number of nitrogens with zero attached hydrogens (tertiary/aromatic N) is 3. The van der Waals surface area contributed by atoms with E-state index in [0.29, 0.717) is 28.2 Å². The van der Waals surface area contributed by atoms with Gasteiger partial charge in [-0.25, -0.2) is 0 Å². The number of carbonyl (C=O) groups excluding carboxylic acids is 1. The third kappa shape index (κ3) is 5.37. The number of non-ortho nitro benzene ring substituents is 1. The van der Waals surface area contributed by atoms with Gasteiger partial charge in [-0.3, -0.25) is 19.6 Å². The van der Waals surface area contributed by atoms with E-state index in [1.54, 1.807) is 42.3 Å². The minimum atomic E-state index is -0.462. The maximum Gasteiger partial charge on any atom is 0.269 e. The molecule has 0 saturated heterocycles. The van der Waals surface area contributed by atoms with Crippen LogP contribution in [0.15, 0.2) is 59.2 Å². The van der Waals surface area contributed by atoms with Gasteiger partial charge in [0.05, 0.1) is 22.7 Å². The highest BCUT2D eigenvalue weighted by Gasteiger charge is 2.14. The number of allylic oxidation sites excluding steroid dienone is 1. The Labute approximate surface area is 187 Å². The Balaban J connectivity index is 1.75. The Hall–Kier alpha value is -3.46. The summed E-state index contributed by atoms with van der Waals surface area (Å²) in [5.74, 6) is 0.976. The van der Waals surface area contributed by atoms with Crippen molar-refractivity contribution in [1.82, 2.24) is 9.78 Å². The summed E-state index contributed by atoms with van der Waals surface area (Å²) >= 11 is 3.36. The van der Waals surface area contributed by atoms with E-state index in [0.717, 1.165) is 11.1 Å². The standard InChI is InChI=1S/C22H20BrN3O5/c1-3-25-22(19(23)13-24-25)20(27)10-4-15-5-11-21(30-2)16(12-15)14-31-18-8-6-17(7-9-18)26(28)29/h4-13H,3,14H2,1-2H3/b10-4+. The third-order valence-corrected chi connectivity index (χ3v) is 5.08. The van der Waals surface area contributed by atoms with Gasteiger partial charge in [0.25, 0.3) is 5.69 Å². The summed E-state index contributed by atoms with van der Waals surface area (Å²) < 4.78 is 13.4. The summed E-state index contributed by atoms with van der Waals surface area (Å²) in [5, 5.41) is 14.9. The Kier molecular flexibility index (Phi) is 7.19. The molecular weight excluding hydrogens is 466 g/mol. The van der Waals surface area contributed by atoms with Crippen molar-refractivity contribution in [2.45, 2.75) is 20.1 Å². The molecule has 2 aromatic carbocycles. The zero-order valence-corrected chi connectivity index (χ0v) is 18.5. The number of aromatic nitrogens is 2. The first-order chi connectivity index (χ1) is 14.9. The van der Waals surface area contributed by atoms with Crippen LogP contribution in [0.1, 0.15) is 28.5 Å². The number of hydrogen-bond donors (Lipinski definition) is 0. The summed E-state index contributed by atoms with van der Waals surface area (Å²) in [6, 6.07) is 11.4. The van der Waals surface area contributed by atoms with Crippen LogP contribution in [0.5, 0.6) is 11.5 Å². The Bertz CT molecular complexity index is 1120. The van der Waals surface area contributed by atoms with Gasteiger partial charge >= 0.3 is 0 Å². The van der Waals surface area contributed by atoms with Crippen LogP contribution in [0.3, 0.4) is 0 Å². The fourth-order valence-electron chi connectivity index (χ4n) is 2.94. The summed E-state index contributed by atoms with van der Waals surface area (Å²) in [4.78, 5) is 22.9. The van der Waals surface area contributed by atoms with E-state index in [2.05, 4.69) is 21.0 Å². The van der Waals surface area contributed by atoms with Gasteiger partial charge in [-0.15, -0.1) is 0 Å². The normalized spacial score (nSPS) is 10.9. The third-order valence-electron chi connectivity index (χ3n) is 4.50. The molecule has 0 amide bonds. The van der Waals surface area contributed by atoms with Crippen LogP contribution in [-0.2, 0) is 13.2 Å². The predicted octanol–water partition coefficient (Wildman–Crippen LogP) is 5.06. The van der Waals surface area contributed by atoms with Gasteiger partial charge in [0.15, 0.2) is 0 Å². The van der Waals surface area contributed by atoms with Crippen molar-refractivity contribution in [3.8, 4) is 11.5 Å². The van der Waals surface area contributed by atoms with Crippen molar-refractivity contribution in [2.24, 2.45) is 0 Å². The number of aryl methyl sites for hydroxylation is 1. The lowest BCUT2D eigenvalue weighted by atomic mass is 10.1. The molecule has 3 aromatic rings. The number of ketones is 1. The fourth-order valence-corrected chi connectivity index (χ4v) is 3.43. The zero-order valence-electron chi connectivity index (χ0n) is 16.9. The molecule has 0 unspecified atom stereocenters. The van der Waals surface area contributed by atoms with Gasteiger partial charge in [-0.1, -0.05) is 12.1 Å². The minimum Gasteiger partial charge on any atom is -0.496 e. The summed E-state index contributed by atoms with van der Waals surface area (Å²) in [5.41, 5.74) is 2.07. The smallest absolute Gasteiger partial charge is 0.269 e. The molecule has 3 rings (SSSR count). The maximum absolute atomic E-state index is 12.6. The lowest BCUT2D eigenvalue weighted by Gasteiger charge is -2.11. The average molecular weight is 486 g/mol. The van der Waals surface area contributed by atoms with Crippen LogP contribution < -0.4 is 9.47 Å². The SMILES string of the molecule is CCn1ncc(Br)c1C(=O)/C=C/c1ccc(OC)c(COc2ccc([N+](=O)[O-])cc2)c1. The highest BCUT2D eigenvalue weighted by Crippen LogP contribution is 2.24. The van der Waals surface area contributed by atoms with Crippen molar-refractivity contribution >= 4 is 33.5 Å². The molecule has 0 aliphatic rings. The van der Waals surface area contributed by atoms with E-state index in [-0.39, 0.29) is 18.1 Å². The van der Waals surface area contributed by atoms with E-state index in [9.17, 15) is 14.9 Å². The van der Waals surface area contributed by atoms with Gasteiger partial charge in [0, 0.05) is 24.2 Å². The molecule has 0 N–H and O–H groups in total. The van der Waals surface area contributed by atoms with Crippen molar-refractivity contribution in [3.05, 3.63) is 86.1 Å². The van der Waals surface area contributed by atoms with E-state index < -0.39 is 4.92 Å². The number of benzene rings is 2. The average Bonchev–Trinajstić information content (AvgIpc) is 3.16. The molecule has 0 fully saturated rings. The second-order valence-corrected chi connectivity index (χ2v) is 7.32. The number of carbonyl (C=O) groups is 1. The van der Waals surface area contributed by atoms with E-state index in [1.165, 1.54) is 18.2 Å². The van der Waals surface area contributed by atoms with E-state index in [1.807, 2.05) is 19.1 Å². The van der Waals surface area contributed by atoms with Gasteiger partial charge in [0.2, 0.25) is 5.78 Å². The van der Waals surface area contributed by atoms with Crippen molar-refractivity contribution in [2.75, 3.05) is 7.11 Å². The van der Waals surface area contributed by atoms with Crippen molar-refractivity contribution in [3.63, 3.8) is 0 Å². The van der Waals surface area contributed by atoms with Gasteiger partial charge in [-0.05, 0) is 58.8 Å². The quantitative estimate of drug-likeness (QED) is 0.182. The van der Waals surface area contributed by atoms with Crippen LogP contribution in [0.4, 0.5) is 5.69 Å². The minimum absolute atomic E-state index is 0.00205. The molecule has 8 nitrogen and oxygen atoms in total. The van der Waals surface area contributed by atoms with Crippen LogP contribution >= 0.6 is 15.9 Å². The lowest BCUT2D eigenvalue weighted by Crippen LogP contribution is -2.07. The molecule has 1 heterocycles. The molecule has 0 spiro atoms. The number of ether oxygens (including phenoxy) is 2. The second kappa shape index (κ2) is 10.0. The molecule has 1 aromatic heterocycles. The molecule has 31 heavy (non-hydrogen) atoms. The number of nitro groups is 1. The molecule has 0 aliphatic carbocycles. The largest absolute Gasteiger partial charge is 0.496 e. The Morgan fingerprint density at radius 1 is 1.26 bits per heavy atom. The Morgan fingerprint density at radius 3 is 2.65 bits per heavy atom. The van der Waals surface area contributed by atoms with Crippen LogP contribution in [0.25, 0.3) is 6.08 Å². The van der Waals surface area contributed by atoms with Gasteiger partial charge < -0.3 is 9.47 Å². The number of hydrogen-bond acceptors (Lipinski definition) is 6. The topological polar surface area (TPSA) is 96.5 Å². The number of methoxy groups -OCH3 is 1. The first-order valence-corrected chi connectivity index (χ1v) is 10.2. The molecule has 0 atom stereocenters. The van der Waals surface area contributed by atoms with E-state index in [4.69, 9.17) is 9.47 Å².